The summed E-state index contributed by atoms with van der Waals surface area (Å²) in [7, 11) is -3.86. The highest BCUT2D eigenvalue weighted by Gasteiger charge is 2.27. The van der Waals surface area contributed by atoms with Gasteiger partial charge < -0.3 is 5.32 Å². The molecule has 0 radical (unpaired) electrons. The second-order valence-electron chi connectivity index (χ2n) is 7.89. The van der Waals surface area contributed by atoms with Crippen molar-refractivity contribution < 1.29 is 13.2 Å². The SMILES string of the molecule is Cc1ccc(S(=O)(=O)N(CC(=O)Nc2c(C)cccc2C)Cc2cccc(C)c2)cc1. The van der Waals surface area contributed by atoms with Gasteiger partial charge in [0.25, 0.3) is 0 Å². The van der Waals surface area contributed by atoms with Crippen LogP contribution in [0.1, 0.15) is 27.8 Å². The normalized spacial score (nSPS) is 11.5. The largest absolute Gasteiger partial charge is 0.324 e. The highest BCUT2D eigenvalue weighted by molar-refractivity contribution is 7.89. The van der Waals surface area contributed by atoms with Crippen LogP contribution < -0.4 is 5.32 Å². The van der Waals surface area contributed by atoms with Crippen LogP contribution in [-0.4, -0.2) is 25.2 Å². The zero-order chi connectivity index (χ0) is 22.6. The molecule has 0 atom stereocenters. The van der Waals surface area contributed by atoms with Crippen LogP contribution in [0.2, 0.25) is 0 Å². The van der Waals surface area contributed by atoms with E-state index in [0.717, 1.165) is 33.5 Å². The number of aryl methyl sites for hydroxylation is 4. The number of carbonyl (C=O) groups excluding carboxylic acids is 1. The highest BCUT2D eigenvalue weighted by Crippen LogP contribution is 2.22. The van der Waals surface area contributed by atoms with Crippen LogP contribution in [0.5, 0.6) is 0 Å². The number of nitrogens with zero attached hydrogens (tertiary/aromatic N) is 1. The fourth-order valence-corrected chi connectivity index (χ4v) is 4.83. The monoisotopic (exact) mass is 436 g/mol. The predicted molar refractivity (Wildman–Crippen MR) is 124 cm³/mol. The van der Waals surface area contributed by atoms with E-state index >= 15 is 0 Å². The molecule has 0 fully saturated rings. The van der Waals surface area contributed by atoms with E-state index in [9.17, 15) is 13.2 Å². The van der Waals surface area contributed by atoms with Crippen molar-refractivity contribution in [3.63, 3.8) is 0 Å². The van der Waals surface area contributed by atoms with Crippen LogP contribution in [-0.2, 0) is 21.4 Å². The Morgan fingerprint density at radius 1 is 0.839 bits per heavy atom. The van der Waals surface area contributed by atoms with Gasteiger partial charge in [-0.2, -0.15) is 4.31 Å². The summed E-state index contributed by atoms with van der Waals surface area (Å²) in [6.07, 6.45) is 0. The number of benzene rings is 3. The van der Waals surface area contributed by atoms with Gasteiger partial charge in [-0.1, -0.05) is 65.7 Å². The van der Waals surface area contributed by atoms with Gasteiger partial charge in [-0.25, -0.2) is 8.42 Å². The summed E-state index contributed by atoms with van der Waals surface area (Å²) in [5.41, 5.74) is 5.41. The van der Waals surface area contributed by atoms with Gasteiger partial charge in [0, 0.05) is 12.2 Å². The summed E-state index contributed by atoms with van der Waals surface area (Å²) < 4.78 is 28.0. The molecule has 0 saturated heterocycles. The van der Waals surface area contributed by atoms with Gasteiger partial charge in [-0.05, 0) is 56.5 Å². The van der Waals surface area contributed by atoms with E-state index < -0.39 is 10.0 Å². The Morgan fingerprint density at radius 2 is 1.45 bits per heavy atom. The van der Waals surface area contributed by atoms with E-state index in [-0.39, 0.29) is 23.9 Å². The lowest BCUT2D eigenvalue weighted by Crippen LogP contribution is -2.37. The smallest absolute Gasteiger partial charge is 0.243 e. The van der Waals surface area contributed by atoms with Crippen molar-refractivity contribution in [2.75, 3.05) is 11.9 Å². The van der Waals surface area contributed by atoms with Gasteiger partial charge in [0.15, 0.2) is 0 Å². The molecule has 162 valence electrons. The molecule has 3 aromatic rings. The molecule has 0 saturated carbocycles. The molecular formula is C25H28N2O3S. The molecule has 0 spiro atoms. The molecule has 3 rings (SSSR count). The second-order valence-corrected chi connectivity index (χ2v) is 9.83. The van der Waals surface area contributed by atoms with Gasteiger partial charge in [0.1, 0.15) is 0 Å². The quantitative estimate of drug-likeness (QED) is 0.581. The summed E-state index contributed by atoms with van der Waals surface area (Å²) >= 11 is 0. The molecular weight excluding hydrogens is 408 g/mol. The topological polar surface area (TPSA) is 66.5 Å². The van der Waals surface area contributed by atoms with E-state index in [4.69, 9.17) is 0 Å². The first-order valence-corrected chi connectivity index (χ1v) is 11.6. The van der Waals surface area contributed by atoms with Gasteiger partial charge in [-0.3, -0.25) is 4.79 Å². The number of hydrogen-bond acceptors (Lipinski definition) is 3. The fraction of sp³-hybridized carbons (Fsp3) is 0.240. The number of hydrogen-bond donors (Lipinski definition) is 1. The number of rotatable bonds is 7. The lowest BCUT2D eigenvalue weighted by molar-refractivity contribution is -0.116. The minimum atomic E-state index is -3.86. The highest BCUT2D eigenvalue weighted by atomic mass is 32.2. The Balaban J connectivity index is 1.91. The third-order valence-corrected chi connectivity index (χ3v) is 6.97. The lowest BCUT2D eigenvalue weighted by atomic mass is 10.1. The summed E-state index contributed by atoms with van der Waals surface area (Å²) in [5.74, 6) is -0.374. The molecule has 1 amide bonds. The van der Waals surface area contributed by atoms with Crippen LogP contribution in [0.15, 0.2) is 71.6 Å². The van der Waals surface area contributed by atoms with Crippen molar-refractivity contribution in [1.82, 2.24) is 4.31 Å². The van der Waals surface area contributed by atoms with E-state index in [1.807, 2.05) is 70.2 Å². The minimum Gasteiger partial charge on any atom is -0.324 e. The minimum absolute atomic E-state index is 0.109. The number of para-hydroxylation sites is 1. The summed E-state index contributed by atoms with van der Waals surface area (Å²) in [4.78, 5) is 13.1. The molecule has 1 N–H and O–H groups in total. The maximum Gasteiger partial charge on any atom is 0.243 e. The van der Waals surface area contributed by atoms with Crippen molar-refractivity contribution in [2.45, 2.75) is 39.1 Å². The maximum atomic E-state index is 13.4. The van der Waals surface area contributed by atoms with E-state index in [1.54, 1.807) is 24.3 Å². The molecule has 0 unspecified atom stereocenters. The Bertz CT molecular complexity index is 1170. The van der Waals surface area contributed by atoms with Crippen molar-refractivity contribution in [3.8, 4) is 0 Å². The summed E-state index contributed by atoms with van der Waals surface area (Å²) in [6.45, 7) is 7.51. The predicted octanol–water partition coefficient (Wildman–Crippen LogP) is 4.75. The van der Waals surface area contributed by atoms with E-state index in [1.165, 1.54) is 4.31 Å². The van der Waals surface area contributed by atoms with Crippen LogP contribution in [0, 0.1) is 27.7 Å². The van der Waals surface area contributed by atoms with Crippen LogP contribution in [0.4, 0.5) is 5.69 Å². The molecule has 0 aromatic heterocycles. The van der Waals surface area contributed by atoms with Gasteiger partial charge in [0.05, 0.1) is 11.4 Å². The molecule has 0 bridgehead atoms. The Morgan fingerprint density at radius 3 is 2.06 bits per heavy atom. The molecule has 5 nitrogen and oxygen atoms in total. The number of sulfonamides is 1. The number of anilines is 1. The van der Waals surface area contributed by atoms with E-state index in [0.29, 0.717) is 0 Å². The lowest BCUT2D eigenvalue weighted by Gasteiger charge is -2.23. The number of carbonyl (C=O) groups is 1. The van der Waals surface area contributed by atoms with Gasteiger partial charge >= 0.3 is 0 Å². The zero-order valence-corrected chi connectivity index (χ0v) is 19.2. The molecule has 6 heteroatoms. The molecule has 0 aliphatic rings. The van der Waals surface area contributed by atoms with Crippen molar-refractivity contribution >= 4 is 21.6 Å². The average Bonchev–Trinajstić information content (AvgIpc) is 2.71. The van der Waals surface area contributed by atoms with Crippen LogP contribution in [0.3, 0.4) is 0 Å². The van der Waals surface area contributed by atoms with E-state index in [2.05, 4.69) is 5.32 Å². The van der Waals surface area contributed by atoms with Crippen molar-refractivity contribution in [3.05, 3.63) is 94.5 Å². The summed E-state index contributed by atoms with van der Waals surface area (Å²) in [6, 6.07) is 20.1. The third kappa shape index (κ3) is 5.60. The van der Waals surface area contributed by atoms with Gasteiger partial charge in [-0.15, -0.1) is 0 Å². The average molecular weight is 437 g/mol. The molecule has 0 heterocycles. The van der Waals surface area contributed by atoms with Crippen molar-refractivity contribution in [2.24, 2.45) is 0 Å². The Kier molecular flexibility index (Phi) is 6.93. The molecule has 3 aromatic carbocycles. The fourth-order valence-electron chi connectivity index (χ4n) is 3.45. The molecule has 0 aliphatic carbocycles. The van der Waals surface area contributed by atoms with Crippen LogP contribution in [0.25, 0.3) is 0 Å². The zero-order valence-electron chi connectivity index (χ0n) is 18.3. The third-order valence-electron chi connectivity index (χ3n) is 5.17. The molecule has 0 aliphatic heterocycles. The van der Waals surface area contributed by atoms with Gasteiger partial charge in [0.2, 0.25) is 15.9 Å². The second kappa shape index (κ2) is 9.45. The molecule has 31 heavy (non-hydrogen) atoms. The van der Waals surface area contributed by atoms with Crippen LogP contribution >= 0.6 is 0 Å². The Hall–Kier alpha value is -2.96. The number of nitrogens with one attached hydrogen (secondary N) is 1. The first-order chi connectivity index (χ1) is 14.7. The number of amides is 1. The maximum absolute atomic E-state index is 13.4. The first-order valence-electron chi connectivity index (χ1n) is 10.2. The Labute approximate surface area is 184 Å². The standard InChI is InChI=1S/C25H28N2O3S/c1-18-11-13-23(14-12-18)31(29,30)27(16-22-10-5-7-19(2)15-22)17-24(28)26-25-20(3)8-6-9-21(25)4/h5-15H,16-17H2,1-4H3,(H,26,28). The van der Waals surface area contributed by atoms with Crippen molar-refractivity contribution in [1.29, 1.82) is 0 Å². The first kappa shape index (κ1) is 22.7. The summed E-state index contributed by atoms with van der Waals surface area (Å²) in [5, 5.41) is 2.89.